The predicted molar refractivity (Wildman–Crippen MR) is 81.8 cm³/mol. The standard InChI is InChI=1S/C16H19F3N2O2/c1-11(2)14(20-10-9-13(22)16(17,18)19)15(23)21(3)12-7-5-4-6-8-12/h4-11,14,20H,1-3H3. The molecule has 0 spiro atoms. The first-order chi connectivity index (χ1) is 10.6. The van der Waals surface area contributed by atoms with Gasteiger partial charge in [0.15, 0.2) is 0 Å². The van der Waals surface area contributed by atoms with E-state index in [4.69, 9.17) is 0 Å². The minimum atomic E-state index is -4.92. The van der Waals surface area contributed by atoms with Crippen LogP contribution in [0.4, 0.5) is 18.9 Å². The number of likely N-dealkylation sites (N-methyl/N-ethyl adjacent to an activating group) is 1. The fourth-order valence-electron chi connectivity index (χ4n) is 1.86. The van der Waals surface area contributed by atoms with Gasteiger partial charge in [0.25, 0.3) is 5.78 Å². The molecule has 23 heavy (non-hydrogen) atoms. The number of anilines is 1. The van der Waals surface area contributed by atoms with E-state index >= 15 is 0 Å². The molecule has 0 saturated carbocycles. The van der Waals surface area contributed by atoms with Crippen LogP contribution in [0, 0.1) is 5.92 Å². The number of amides is 1. The molecular formula is C16H19F3N2O2. The molecule has 0 aliphatic heterocycles. The minimum absolute atomic E-state index is 0.181. The number of para-hydroxylation sites is 1. The van der Waals surface area contributed by atoms with E-state index in [1.54, 1.807) is 45.2 Å². The van der Waals surface area contributed by atoms with Crippen LogP contribution in [0.15, 0.2) is 42.6 Å². The summed E-state index contributed by atoms with van der Waals surface area (Å²) in [6, 6.07) is 8.11. The fourth-order valence-corrected chi connectivity index (χ4v) is 1.86. The number of carbonyl (C=O) groups excluding carboxylic acids is 2. The largest absolute Gasteiger partial charge is 0.454 e. The van der Waals surface area contributed by atoms with Gasteiger partial charge in [-0.05, 0) is 18.1 Å². The van der Waals surface area contributed by atoms with Crippen molar-refractivity contribution in [1.82, 2.24) is 5.32 Å². The van der Waals surface area contributed by atoms with Crippen molar-refractivity contribution in [3.8, 4) is 0 Å². The molecule has 126 valence electrons. The molecular weight excluding hydrogens is 309 g/mol. The molecule has 1 N–H and O–H groups in total. The minimum Gasteiger partial charge on any atom is -0.379 e. The zero-order chi connectivity index (χ0) is 17.6. The molecule has 0 radical (unpaired) electrons. The third-order valence-corrected chi connectivity index (χ3v) is 3.20. The number of nitrogens with one attached hydrogen (secondary N) is 1. The summed E-state index contributed by atoms with van der Waals surface area (Å²) < 4.78 is 36.4. The number of allylic oxidation sites excluding steroid dienone is 1. The maximum Gasteiger partial charge on any atom is 0.454 e. The second-order valence-corrected chi connectivity index (χ2v) is 5.32. The highest BCUT2D eigenvalue weighted by molar-refractivity contribution is 5.97. The van der Waals surface area contributed by atoms with E-state index in [0.29, 0.717) is 11.8 Å². The van der Waals surface area contributed by atoms with Crippen molar-refractivity contribution >= 4 is 17.4 Å². The maximum atomic E-state index is 12.5. The zero-order valence-electron chi connectivity index (χ0n) is 13.1. The quantitative estimate of drug-likeness (QED) is 0.817. The number of nitrogens with zero attached hydrogens (tertiary/aromatic N) is 1. The molecule has 7 heteroatoms. The lowest BCUT2D eigenvalue weighted by atomic mass is 10.0. The Bertz CT molecular complexity index is 568. The lowest BCUT2D eigenvalue weighted by Gasteiger charge is -2.26. The average molecular weight is 328 g/mol. The molecule has 0 bridgehead atoms. The highest BCUT2D eigenvalue weighted by Crippen LogP contribution is 2.17. The van der Waals surface area contributed by atoms with Crippen molar-refractivity contribution in [3.63, 3.8) is 0 Å². The topological polar surface area (TPSA) is 49.4 Å². The molecule has 1 amide bonds. The summed E-state index contributed by atoms with van der Waals surface area (Å²) in [5.41, 5.74) is 0.667. The Labute approximate surface area is 133 Å². The Balaban J connectivity index is 2.81. The third-order valence-electron chi connectivity index (χ3n) is 3.20. The first-order valence-electron chi connectivity index (χ1n) is 7.01. The van der Waals surface area contributed by atoms with E-state index in [2.05, 4.69) is 5.32 Å². The van der Waals surface area contributed by atoms with Crippen molar-refractivity contribution in [2.45, 2.75) is 26.1 Å². The average Bonchev–Trinajstić information content (AvgIpc) is 2.49. The Kier molecular flexibility index (Phi) is 6.36. The van der Waals surface area contributed by atoms with Gasteiger partial charge in [-0.25, -0.2) is 0 Å². The number of carbonyl (C=O) groups is 2. The van der Waals surface area contributed by atoms with Crippen molar-refractivity contribution in [2.75, 3.05) is 11.9 Å². The van der Waals surface area contributed by atoms with Crippen LogP contribution in [0.5, 0.6) is 0 Å². The van der Waals surface area contributed by atoms with Crippen LogP contribution in [-0.4, -0.2) is 31.0 Å². The highest BCUT2D eigenvalue weighted by atomic mass is 19.4. The SMILES string of the molecule is CC(C)C(NC=CC(=O)C(F)(F)F)C(=O)N(C)c1ccccc1. The molecule has 0 heterocycles. The van der Waals surface area contributed by atoms with Gasteiger partial charge in [-0.1, -0.05) is 32.0 Å². The fraction of sp³-hybridized carbons (Fsp3) is 0.375. The van der Waals surface area contributed by atoms with Crippen LogP contribution in [0.2, 0.25) is 0 Å². The Morgan fingerprint density at radius 3 is 2.22 bits per heavy atom. The summed E-state index contributed by atoms with van der Waals surface area (Å²) in [5, 5.41) is 2.58. The monoisotopic (exact) mass is 328 g/mol. The predicted octanol–water partition coefficient (Wildman–Crippen LogP) is 2.91. The van der Waals surface area contributed by atoms with E-state index in [-0.39, 0.29) is 11.8 Å². The lowest BCUT2D eigenvalue weighted by molar-refractivity contribution is -0.165. The van der Waals surface area contributed by atoms with Gasteiger partial charge in [0.2, 0.25) is 5.91 Å². The second-order valence-electron chi connectivity index (χ2n) is 5.32. The van der Waals surface area contributed by atoms with Gasteiger partial charge in [0.05, 0.1) is 0 Å². The summed E-state index contributed by atoms with van der Waals surface area (Å²) in [6.07, 6.45) is -3.67. The van der Waals surface area contributed by atoms with Crippen LogP contribution in [-0.2, 0) is 9.59 Å². The summed E-state index contributed by atoms with van der Waals surface area (Å²) in [5.74, 6) is -2.47. The van der Waals surface area contributed by atoms with Gasteiger partial charge in [-0.15, -0.1) is 0 Å². The van der Waals surface area contributed by atoms with Crippen molar-refractivity contribution in [1.29, 1.82) is 0 Å². The summed E-state index contributed by atoms with van der Waals surface area (Å²) in [6.45, 7) is 3.52. The number of benzene rings is 1. The molecule has 0 fully saturated rings. The van der Waals surface area contributed by atoms with Crippen LogP contribution >= 0.6 is 0 Å². The highest BCUT2D eigenvalue weighted by Gasteiger charge is 2.36. The maximum absolute atomic E-state index is 12.5. The summed E-state index contributed by atoms with van der Waals surface area (Å²) in [4.78, 5) is 24.7. The normalized spacial score (nSPS) is 13.2. The number of ketones is 1. The van der Waals surface area contributed by atoms with Gasteiger partial charge in [0.1, 0.15) is 6.04 Å². The van der Waals surface area contributed by atoms with Gasteiger partial charge >= 0.3 is 6.18 Å². The number of alkyl halides is 3. The van der Waals surface area contributed by atoms with Crippen molar-refractivity contribution < 1.29 is 22.8 Å². The smallest absolute Gasteiger partial charge is 0.379 e. The molecule has 1 atom stereocenters. The Morgan fingerprint density at radius 2 is 1.74 bits per heavy atom. The molecule has 0 saturated heterocycles. The number of hydrogen-bond acceptors (Lipinski definition) is 3. The first kappa shape index (κ1) is 18.7. The van der Waals surface area contributed by atoms with Crippen LogP contribution in [0.25, 0.3) is 0 Å². The van der Waals surface area contributed by atoms with Gasteiger partial charge in [-0.3, -0.25) is 9.59 Å². The van der Waals surface area contributed by atoms with Crippen molar-refractivity contribution in [3.05, 3.63) is 42.6 Å². The zero-order valence-corrected chi connectivity index (χ0v) is 13.1. The Hall–Kier alpha value is -2.31. The molecule has 4 nitrogen and oxygen atoms in total. The third kappa shape index (κ3) is 5.43. The van der Waals surface area contributed by atoms with Crippen molar-refractivity contribution in [2.24, 2.45) is 5.92 Å². The number of hydrogen-bond donors (Lipinski definition) is 1. The molecule has 0 aromatic heterocycles. The number of halogens is 3. The molecule has 1 unspecified atom stereocenters. The van der Waals surface area contributed by atoms with Crippen LogP contribution < -0.4 is 10.2 Å². The Morgan fingerprint density at radius 1 is 1.17 bits per heavy atom. The van der Waals surface area contributed by atoms with Crippen LogP contribution in [0.3, 0.4) is 0 Å². The van der Waals surface area contributed by atoms with E-state index in [1.807, 2.05) is 6.07 Å². The first-order valence-corrected chi connectivity index (χ1v) is 7.01. The molecule has 0 aliphatic carbocycles. The lowest BCUT2D eigenvalue weighted by Crippen LogP contribution is -2.46. The summed E-state index contributed by atoms with van der Waals surface area (Å²) in [7, 11) is 1.58. The molecule has 1 aromatic carbocycles. The van der Waals surface area contributed by atoms with Crippen LogP contribution in [0.1, 0.15) is 13.8 Å². The summed E-state index contributed by atoms with van der Waals surface area (Å²) >= 11 is 0. The van der Waals surface area contributed by atoms with Gasteiger partial charge in [0, 0.05) is 25.0 Å². The van der Waals surface area contributed by atoms with E-state index in [9.17, 15) is 22.8 Å². The number of rotatable bonds is 6. The molecule has 1 rings (SSSR count). The van der Waals surface area contributed by atoms with E-state index in [0.717, 1.165) is 6.20 Å². The van der Waals surface area contributed by atoms with Gasteiger partial charge in [-0.2, -0.15) is 13.2 Å². The van der Waals surface area contributed by atoms with E-state index in [1.165, 1.54) is 4.90 Å². The van der Waals surface area contributed by atoms with Gasteiger partial charge < -0.3 is 10.2 Å². The molecule has 1 aromatic rings. The van der Waals surface area contributed by atoms with E-state index < -0.39 is 18.0 Å². The second kappa shape index (κ2) is 7.80. The molecule has 0 aliphatic rings.